The molecule has 0 aliphatic carbocycles. The van der Waals surface area contributed by atoms with Crippen LogP contribution in [0.3, 0.4) is 0 Å². The molecule has 2 rings (SSSR count). The predicted octanol–water partition coefficient (Wildman–Crippen LogP) is 2.45. The minimum atomic E-state index is -0.303. The van der Waals surface area contributed by atoms with Crippen molar-refractivity contribution in [2.45, 2.75) is 12.3 Å². The van der Waals surface area contributed by atoms with Crippen LogP contribution in [-0.2, 0) is 9.53 Å². The summed E-state index contributed by atoms with van der Waals surface area (Å²) in [7, 11) is 1.62. The molecule has 1 atom stereocenters. The monoisotopic (exact) mass is 243 g/mol. The van der Waals surface area contributed by atoms with Gasteiger partial charge >= 0.3 is 0 Å². The van der Waals surface area contributed by atoms with Crippen LogP contribution < -0.4 is 5.73 Å². The summed E-state index contributed by atoms with van der Waals surface area (Å²) in [6, 6.07) is 14.1. The molecule has 0 fully saturated rings. The Labute approximate surface area is 107 Å². The van der Waals surface area contributed by atoms with Crippen LogP contribution in [0.1, 0.15) is 17.9 Å². The van der Waals surface area contributed by atoms with Gasteiger partial charge in [0.25, 0.3) is 0 Å². The third kappa shape index (κ3) is 2.68. The smallest absolute Gasteiger partial charge is 0.225 e. The largest absolute Gasteiger partial charge is 0.385 e. The Balaban J connectivity index is 2.35. The highest BCUT2D eigenvalue weighted by Gasteiger charge is 2.17. The van der Waals surface area contributed by atoms with Gasteiger partial charge in [-0.3, -0.25) is 4.79 Å². The molecule has 0 aromatic heterocycles. The highest BCUT2D eigenvalue weighted by molar-refractivity contribution is 5.87. The third-order valence-corrected chi connectivity index (χ3v) is 3.13. The Morgan fingerprint density at radius 1 is 1.22 bits per heavy atom. The number of ether oxygens (including phenoxy) is 1. The summed E-state index contributed by atoms with van der Waals surface area (Å²) < 4.78 is 5.02. The molecular weight excluding hydrogens is 226 g/mol. The lowest BCUT2D eigenvalue weighted by Crippen LogP contribution is -2.22. The van der Waals surface area contributed by atoms with Gasteiger partial charge in [0.1, 0.15) is 0 Å². The summed E-state index contributed by atoms with van der Waals surface area (Å²) in [5.74, 6) is -0.586. The molecule has 0 aliphatic rings. The SMILES string of the molecule is COCCC(C(N)=O)c1ccc2ccccc2c1. The fourth-order valence-electron chi connectivity index (χ4n) is 2.13. The van der Waals surface area contributed by atoms with Gasteiger partial charge in [0.15, 0.2) is 0 Å². The Bertz CT molecular complexity index is 551. The third-order valence-electron chi connectivity index (χ3n) is 3.13. The molecule has 1 amide bonds. The van der Waals surface area contributed by atoms with Crippen LogP contribution in [-0.4, -0.2) is 19.6 Å². The number of carbonyl (C=O) groups is 1. The van der Waals surface area contributed by atoms with Crippen molar-refractivity contribution in [1.29, 1.82) is 0 Å². The number of fused-ring (bicyclic) bond motifs is 1. The molecule has 0 heterocycles. The summed E-state index contributed by atoms with van der Waals surface area (Å²) in [5.41, 5.74) is 6.42. The highest BCUT2D eigenvalue weighted by atomic mass is 16.5. The fraction of sp³-hybridized carbons (Fsp3) is 0.267. The molecule has 94 valence electrons. The molecule has 3 heteroatoms. The van der Waals surface area contributed by atoms with E-state index >= 15 is 0 Å². The summed E-state index contributed by atoms with van der Waals surface area (Å²) in [5, 5.41) is 2.29. The zero-order valence-corrected chi connectivity index (χ0v) is 10.4. The van der Waals surface area contributed by atoms with Crippen molar-refractivity contribution in [3.05, 3.63) is 48.0 Å². The second kappa shape index (κ2) is 5.65. The van der Waals surface area contributed by atoms with Gasteiger partial charge in [-0.2, -0.15) is 0 Å². The van der Waals surface area contributed by atoms with Gasteiger partial charge in [-0.25, -0.2) is 0 Å². The number of nitrogens with two attached hydrogens (primary N) is 1. The molecule has 0 saturated heterocycles. The van der Waals surface area contributed by atoms with E-state index < -0.39 is 0 Å². The molecule has 0 spiro atoms. The maximum atomic E-state index is 11.5. The maximum absolute atomic E-state index is 11.5. The molecule has 2 N–H and O–H groups in total. The molecule has 0 radical (unpaired) electrons. The Morgan fingerprint density at radius 3 is 2.61 bits per heavy atom. The normalized spacial score (nSPS) is 12.5. The molecule has 0 aliphatic heterocycles. The lowest BCUT2D eigenvalue weighted by Gasteiger charge is -2.14. The van der Waals surface area contributed by atoms with Crippen molar-refractivity contribution in [1.82, 2.24) is 0 Å². The van der Waals surface area contributed by atoms with Crippen LogP contribution >= 0.6 is 0 Å². The summed E-state index contributed by atoms with van der Waals surface area (Å²) >= 11 is 0. The van der Waals surface area contributed by atoms with Crippen molar-refractivity contribution in [3.63, 3.8) is 0 Å². The van der Waals surface area contributed by atoms with Crippen molar-refractivity contribution in [2.75, 3.05) is 13.7 Å². The van der Waals surface area contributed by atoms with Crippen LogP contribution in [0.15, 0.2) is 42.5 Å². The number of methoxy groups -OCH3 is 1. The fourth-order valence-corrected chi connectivity index (χ4v) is 2.13. The topological polar surface area (TPSA) is 52.3 Å². The summed E-state index contributed by atoms with van der Waals surface area (Å²) in [6.45, 7) is 0.528. The Hall–Kier alpha value is -1.87. The average molecular weight is 243 g/mol. The molecule has 3 nitrogen and oxygen atoms in total. The second-order valence-electron chi connectivity index (χ2n) is 4.34. The number of rotatable bonds is 5. The van der Waals surface area contributed by atoms with Gasteiger partial charge in [-0.05, 0) is 22.8 Å². The zero-order chi connectivity index (χ0) is 13.0. The van der Waals surface area contributed by atoms with E-state index in [1.54, 1.807) is 7.11 Å². The number of benzene rings is 2. The highest BCUT2D eigenvalue weighted by Crippen LogP contribution is 2.24. The van der Waals surface area contributed by atoms with E-state index in [0.29, 0.717) is 13.0 Å². The minimum absolute atomic E-state index is 0.283. The lowest BCUT2D eigenvalue weighted by molar-refractivity contribution is -0.119. The average Bonchev–Trinajstić information content (AvgIpc) is 2.38. The molecule has 2 aromatic carbocycles. The number of hydrogen-bond acceptors (Lipinski definition) is 2. The van der Waals surface area contributed by atoms with Gasteiger partial charge in [0.05, 0.1) is 5.92 Å². The van der Waals surface area contributed by atoms with Gasteiger partial charge in [0.2, 0.25) is 5.91 Å². The van der Waals surface area contributed by atoms with Crippen molar-refractivity contribution < 1.29 is 9.53 Å². The van der Waals surface area contributed by atoms with E-state index in [-0.39, 0.29) is 11.8 Å². The maximum Gasteiger partial charge on any atom is 0.225 e. The number of carbonyl (C=O) groups excluding carboxylic acids is 1. The second-order valence-corrected chi connectivity index (χ2v) is 4.34. The van der Waals surface area contributed by atoms with E-state index in [1.807, 2.05) is 42.5 Å². The molecule has 0 saturated carbocycles. The number of amides is 1. The summed E-state index contributed by atoms with van der Waals surface area (Å²) in [4.78, 5) is 11.5. The van der Waals surface area contributed by atoms with Gasteiger partial charge in [0, 0.05) is 13.7 Å². The predicted molar refractivity (Wildman–Crippen MR) is 72.4 cm³/mol. The Morgan fingerprint density at radius 2 is 1.94 bits per heavy atom. The summed E-state index contributed by atoms with van der Waals surface area (Å²) in [6.07, 6.45) is 0.615. The minimum Gasteiger partial charge on any atom is -0.385 e. The first-order chi connectivity index (χ1) is 8.72. The van der Waals surface area contributed by atoms with Crippen LogP contribution in [0.2, 0.25) is 0 Å². The van der Waals surface area contributed by atoms with Gasteiger partial charge in [-0.15, -0.1) is 0 Å². The van der Waals surface area contributed by atoms with Crippen molar-refractivity contribution in [2.24, 2.45) is 5.73 Å². The van der Waals surface area contributed by atoms with Gasteiger partial charge < -0.3 is 10.5 Å². The first-order valence-corrected chi connectivity index (χ1v) is 5.99. The number of hydrogen-bond donors (Lipinski definition) is 1. The first kappa shape index (κ1) is 12.6. The van der Waals surface area contributed by atoms with Crippen LogP contribution in [0.25, 0.3) is 10.8 Å². The zero-order valence-electron chi connectivity index (χ0n) is 10.4. The van der Waals surface area contributed by atoms with Crippen LogP contribution in [0.4, 0.5) is 0 Å². The Kier molecular flexibility index (Phi) is 3.95. The molecule has 18 heavy (non-hydrogen) atoms. The quantitative estimate of drug-likeness (QED) is 0.877. The molecule has 1 unspecified atom stereocenters. The lowest BCUT2D eigenvalue weighted by atomic mass is 9.93. The van der Waals surface area contributed by atoms with Crippen LogP contribution in [0.5, 0.6) is 0 Å². The van der Waals surface area contributed by atoms with E-state index in [1.165, 1.54) is 0 Å². The number of primary amides is 1. The molecule has 2 aromatic rings. The van der Waals surface area contributed by atoms with E-state index in [2.05, 4.69) is 0 Å². The van der Waals surface area contributed by atoms with E-state index in [0.717, 1.165) is 16.3 Å². The van der Waals surface area contributed by atoms with E-state index in [9.17, 15) is 4.79 Å². The first-order valence-electron chi connectivity index (χ1n) is 5.99. The van der Waals surface area contributed by atoms with Crippen molar-refractivity contribution >= 4 is 16.7 Å². The van der Waals surface area contributed by atoms with Crippen molar-refractivity contribution in [3.8, 4) is 0 Å². The van der Waals surface area contributed by atoms with Gasteiger partial charge in [-0.1, -0.05) is 42.5 Å². The van der Waals surface area contributed by atoms with Crippen LogP contribution in [0, 0.1) is 0 Å². The molecular formula is C15H17NO2. The van der Waals surface area contributed by atoms with E-state index in [4.69, 9.17) is 10.5 Å². The molecule has 0 bridgehead atoms. The standard InChI is InChI=1S/C15H17NO2/c1-18-9-8-14(15(16)17)13-7-6-11-4-2-3-5-12(11)10-13/h2-7,10,14H,8-9H2,1H3,(H2,16,17).